The first-order valence-corrected chi connectivity index (χ1v) is 9.72. The van der Waals surface area contributed by atoms with E-state index in [1.54, 1.807) is 23.9 Å². The summed E-state index contributed by atoms with van der Waals surface area (Å²) in [6, 6.07) is 6.67. The average Bonchev–Trinajstić information content (AvgIpc) is 3.21. The van der Waals surface area contributed by atoms with Crippen LogP contribution in [0.2, 0.25) is 0 Å². The number of aromatic nitrogens is 2. The van der Waals surface area contributed by atoms with E-state index >= 15 is 0 Å². The highest BCUT2D eigenvalue weighted by atomic mass is 19.3. The van der Waals surface area contributed by atoms with Crippen LogP contribution in [0.15, 0.2) is 54.9 Å². The Labute approximate surface area is 191 Å². The standard InChI is InChI=1S/C22H19F3N4O5/c1-28-9-8-26-21(28)20(14-4-3-5-15(23)10-14)27-19(30)7-6-13-11-17(33-2)18(34-22(24)25)12-16(13)29(31)32/h3-12,20,22H,1-2H3,(H,27,30)/b7-6+. The number of hydrogen-bond acceptors (Lipinski definition) is 6. The molecule has 0 aliphatic rings. The van der Waals surface area contributed by atoms with E-state index in [0.717, 1.165) is 24.3 Å². The smallest absolute Gasteiger partial charge is 0.387 e. The molecule has 178 valence electrons. The highest BCUT2D eigenvalue weighted by molar-refractivity contribution is 5.93. The molecule has 0 saturated heterocycles. The van der Waals surface area contributed by atoms with Crippen molar-refractivity contribution in [2.75, 3.05) is 7.11 Å². The quantitative estimate of drug-likeness (QED) is 0.284. The summed E-state index contributed by atoms with van der Waals surface area (Å²) in [6.45, 7) is -3.22. The van der Waals surface area contributed by atoms with E-state index in [0.29, 0.717) is 11.4 Å². The van der Waals surface area contributed by atoms with Crippen LogP contribution in [-0.2, 0) is 11.8 Å². The van der Waals surface area contributed by atoms with Crippen LogP contribution in [0.1, 0.15) is 23.0 Å². The maximum absolute atomic E-state index is 13.8. The Morgan fingerprint density at radius 1 is 1.26 bits per heavy atom. The Morgan fingerprint density at radius 3 is 2.62 bits per heavy atom. The van der Waals surface area contributed by atoms with Gasteiger partial charge >= 0.3 is 6.61 Å². The molecule has 0 radical (unpaired) electrons. The van der Waals surface area contributed by atoms with Crippen molar-refractivity contribution in [2.24, 2.45) is 7.05 Å². The third-order valence-corrected chi connectivity index (χ3v) is 4.73. The summed E-state index contributed by atoms with van der Waals surface area (Å²) in [5.74, 6) is -1.45. The number of benzene rings is 2. The van der Waals surface area contributed by atoms with E-state index in [4.69, 9.17) is 4.74 Å². The normalized spacial score (nSPS) is 12.1. The third-order valence-electron chi connectivity index (χ3n) is 4.73. The monoisotopic (exact) mass is 476 g/mol. The SMILES string of the molecule is COc1cc(/C=C/C(=O)NC(c2cccc(F)c2)c2nccn2C)c([N+](=O)[O-])cc1OC(F)F. The van der Waals surface area contributed by atoms with Gasteiger partial charge in [0.05, 0.1) is 23.7 Å². The molecule has 1 N–H and O–H groups in total. The lowest BCUT2D eigenvalue weighted by Crippen LogP contribution is -2.29. The van der Waals surface area contributed by atoms with Crippen LogP contribution in [0.3, 0.4) is 0 Å². The Kier molecular flexibility index (Phi) is 7.51. The molecule has 1 unspecified atom stereocenters. The molecule has 1 heterocycles. The van der Waals surface area contributed by atoms with Crippen molar-refractivity contribution in [2.45, 2.75) is 12.7 Å². The molecule has 12 heteroatoms. The summed E-state index contributed by atoms with van der Waals surface area (Å²) in [5.41, 5.74) is -0.235. The summed E-state index contributed by atoms with van der Waals surface area (Å²) in [6.07, 6.45) is 5.32. The number of ether oxygens (including phenoxy) is 2. The van der Waals surface area contributed by atoms with Crippen LogP contribution in [0, 0.1) is 15.9 Å². The van der Waals surface area contributed by atoms with Gasteiger partial charge in [-0.3, -0.25) is 14.9 Å². The van der Waals surface area contributed by atoms with Crippen molar-refractivity contribution >= 4 is 17.7 Å². The number of alkyl halides is 2. The van der Waals surface area contributed by atoms with Crippen LogP contribution in [0.25, 0.3) is 6.08 Å². The Morgan fingerprint density at radius 2 is 2.03 bits per heavy atom. The summed E-state index contributed by atoms with van der Waals surface area (Å²) < 4.78 is 49.9. The van der Waals surface area contributed by atoms with Crippen LogP contribution >= 0.6 is 0 Å². The number of nitrogens with one attached hydrogen (secondary N) is 1. The van der Waals surface area contributed by atoms with Crippen molar-refractivity contribution in [3.63, 3.8) is 0 Å². The van der Waals surface area contributed by atoms with E-state index < -0.39 is 40.7 Å². The number of carbonyl (C=O) groups excluding carboxylic acids is 1. The van der Waals surface area contributed by atoms with Gasteiger partial charge < -0.3 is 19.4 Å². The number of halogens is 3. The van der Waals surface area contributed by atoms with Crippen molar-refractivity contribution in [3.05, 3.63) is 87.8 Å². The molecule has 0 spiro atoms. The summed E-state index contributed by atoms with van der Waals surface area (Å²) in [5, 5.41) is 14.1. The molecule has 34 heavy (non-hydrogen) atoms. The van der Waals surface area contributed by atoms with Gasteiger partial charge in [0.2, 0.25) is 5.91 Å². The predicted molar refractivity (Wildman–Crippen MR) is 115 cm³/mol. The zero-order valence-electron chi connectivity index (χ0n) is 17.9. The van der Waals surface area contributed by atoms with Crippen molar-refractivity contribution < 1.29 is 32.4 Å². The Balaban J connectivity index is 1.91. The van der Waals surface area contributed by atoms with E-state index in [9.17, 15) is 28.1 Å². The third kappa shape index (κ3) is 5.71. The van der Waals surface area contributed by atoms with Crippen LogP contribution < -0.4 is 14.8 Å². The fourth-order valence-electron chi connectivity index (χ4n) is 3.20. The van der Waals surface area contributed by atoms with E-state index in [-0.39, 0.29) is 11.3 Å². The lowest BCUT2D eigenvalue weighted by atomic mass is 10.1. The van der Waals surface area contributed by atoms with Gasteiger partial charge in [0.25, 0.3) is 5.69 Å². The largest absolute Gasteiger partial charge is 0.493 e. The molecular weight excluding hydrogens is 457 g/mol. The molecule has 2 aromatic carbocycles. The fraction of sp³-hybridized carbons (Fsp3) is 0.182. The fourth-order valence-corrected chi connectivity index (χ4v) is 3.20. The molecular formula is C22H19F3N4O5. The van der Waals surface area contributed by atoms with Gasteiger partial charge in [0.15, 0.2) is 11.5 Å². The number of nitro groups is 1. The first kappa shape index (κ1) is 24.3. The molecule has 3 rings (SSSR count). The second-order valence-corrected chi connectivity index (χ2v) is 6.92. The Hall–Kier alpha value is -4.35. The number of rotatable bonds is 9. The molecule has 1 atom stereocenters. The zero-order chi connectivity index (χ0) is 24.8. The maximum atomic E-state index is 13.8. The van der Waals surface area contributed by atoms with Crippen molar-refractivity contribution in [1.29, 1.82) is 0 Å². The molecule has 0 fully saturated rings. The summed E-state index contributed by atoms with van der Waals surface area (Å²) >= 11 is 0. The maximum Gasteiger partial charge on any atom is 0.387 e. The topological polar surface area (TPSA) is 109 Å². The van der Waals surface area contributed by atoms with Crippen molar-refractivity contribution in [1.82, 2.24) is 14.9 Å². The minimum Gasteiger partial charge on any atom is -0.493 e. The molecule has 0 aliphatic carbocycles. The van der Waals surface area contributed by atoms with Gasteiger partial charge in [-0.2, -0.15) is 8.78 Å². The molecule has 1 aromatic heterocycles. The minimum absolute atomic E-state index is 0.0853. The van der Waals surface area contributed by atoms with Crippen LogP contribution in [0.4, 0.5) is 18.9 Å². The average molecular weight is 476 g/mol. The van der Waals surface area contributed by atoms with E-state index in [1.165, 1.54) is 31.5 Å². The molecule has 1 amide bonds. The second kappa shape index (κ2) is 10.5. The van der Waals surface area contributed by atoms with Gasteiger partial charge in [-0.25, -0.2) is 9.37 Å². The van der Waals surface area contributed by atoms with Crippen molar-refractivity contribution in [3.8, 4) is 11.5 Å². The van der Waals surface area contributed by atoms with Gasteiger partial charge in [-0.1, -0.05) is 12.1 Å². The molecule has 3 aromatic rings. The summed E-state index contributed by atoms with van der Waals surface area (Å²) in [7, 11) is 2.88. The number of carbonyl (C=O) groups is 1. The number of hydrogen-bond donors (Lipinski definition) is 1. The first-order valence-electron chi connectivity index (χ1n) is 9.72. The number of nitro benzene ring substituents is 1. The van der Waals surface area contributed by atoms with E-state index in [2.05, 4.69) is 15.0 Å². The number of methoxy groups -OCH3 is 1. The highest BCUT2D eigenvalue weighted by Gasteiger charge is 2.22. The molecule has 0 saturated carbocycles. The number of amides is 1. The predicted octanol–water partition coefficient (Wildman–Crippen LogP) is 4.00. The van der Waals surface area contributed by atoms with Gasteiger partial charge in [-0.15, -0.1) is 0 Å². The summed E-state index contributed by atoms with van der Waals surface area (Å²) in [4.78, 5) is 27.5. The van der Waals surface area contributed by atoms with Crippen LogP contribution in [0.5, 0.6) is 11.5 Å². The number of nitrogens with zero attached hydrogens (tertiary/aromatic N) is 3. The van der Waals surface area contributed by atoms with Gasteiger partial charge in [0, 0.05) is 25.5 Å². The Bertz CT molecular complexity index is 1230. The number of imidazole rings is 1. The second-order valence-electron chi connectivity index (χ2n) is 6.92. The lowest BCUT2D eigenvalue weighted by Gasteiger charge is -2.18. The molecule has 0 bridgehead atoms. The van der Waals surface area contributed by atoms with Crippen LogP contribution in [-0.4, -0.2) is 34.1 Å². The molecule has 9 nitrogen and oxygen atoms in total. The first-order chi connectivity index (χ1) is 16.2. The highest BCUT2D eigenvalue weighted by Crippen LogP contribution is 2.36. The minimum atomic E-state index is -3.22. The zero-order valence-corrected chi connectivity index (χ0v) is 17.9. The number of aryl methyl sites for hydroxylation is 1. The molecule has 0 aliphatic heterocycles. The lowest BCUT2D eigenvalue weighted by molar-refractivity contribution is -0.385. The van der Waals surface area contributed by atoms with Gasteiger partial charge in [-0.05, 0) is 29.8 Å². The van der Waals surface area contributed by atoms with E-state index in [1.807, 2.05) is 0 Å². The van der Waals surface area contributed by atoms with Gasteiger partial charge in [0.1, 0.15) is 17.7 Å².